The van der Waals surface area contributed by atoms with Crippen LogP contribution in [0.5, 0.6) is 0 Å². The second-order valence-electron chi connectivity index (χ2n) is 5.41. The molecule has 1 fully saturated rings. The zero-order chi connectivity index (χ0) is 14.0. The van der Waals surface area contributed by atoms with E-state index in [0.29, 0.717) is 18.1 Å². The summed E-state index contributed by atoms with van der Waals surface area (Å²) in [5, 5.41) is 0. The molecule has 7 heteroatoms. The lowest BCUT2D eigenvalue weighted by Crippen LogP contribution is -2.56. The zero-order valence-corrected chi connectivity index (χ0v) is 13.1. The van der Waals surface area contributed by atoms with E-state index in [-0.39, 0.29) is 18.5 Å². The van der Waals surface area contributed by atoms with Crippen molar-refractivity contribution in [1.29, 1.82) is 0 Å². The van der Waals surface area contributed by atoms with Crippen LogP contribution >= 0.6 is 0 Å². The van der Waals surface area contributed by atoms with Crippen LogP contribution in [0.15, 0.2) is 0 Å². The normalized spacial score (nSPS) is 25.5. The Morgan fingerprint density at radius 2 is 2.00 bits per heavy atom. The molecule has 0 spiro atoms. The first-order chi connectivity index (χ1) is 8.15. The Labute approximate surface area is 112 Å². The second-order valence-corrected chi connectivity index (χ2v) is 9.00. The molecule has 18 heavy (non-hydrogen) atoms. The molecule has 0 aromatic heterocycles. The predicted octanol–water partition coefficient (Wildman–Crippen LogP) is 0.584. The van der Waals surface area contributed by atoms with Gasteiger partial charge in [0.05, 0.1) is 18.5 Å². The molecule has 0 bridgehead atoms. The molecule has 0 aromatic carbocycles. The van der Waals surface area contributed by atoms with Crippen LogP contribution in [0, 0.1) is 0 Å². The van der Waals surface area contributed by atoms with E-state index in [1.165, 1.54) is 4.31 Å². The van der Waals surface area contributed by atoms with Gasteiger partial charge >= 0.3 is 0 Å². The Kier molecular flexibility index (Phi) is 5.34. The highest BCUT2D eigenvalue weighted by Gasteiger charge is 2.40. The minimum absolute atomic E-state index is 0.0127. The van der Waals surface area contributed by atoms with E-state index in [4.69, 9.17) is 4.74 Å². The molecule has 1 rings (SSSR count). The van der Waals surface area contributed by atoms with E-state index in [0.717, 1.165) is 0 Å². The summed E-state index contributed by atoms with van der Waals surface area (Å²) >= 11 is 0. The number of rotatable bonds is 5. The number of sulfonamides is 1. The summed E-state index contributed by atoms with van der Waals surface area (Å²) in [6.07, 6.45) is 0.0297. The van der Waals surface area contributed by atoms with Crippen LogP contribution in [0.25, 0.3) is 0 Å². The minimum atomic E-state index is -3.34. The van der Waals surface area contributed by atoms with Crippen molar-refractivity contribution in [1.82, 2.24) is 4.31 Å². The maximum Gasteiger partial charge on any atom is 0.216 e. The van der Waals surface area contributed by atoms with E-state index >= 15 is 0 Å². The first kappa shape index (κ1) is 16.1. The second kappa shape index (κ2) is 5.98. The smallest absolute Gasteiger partial charge is 0.216 e. The Morgan fingerprint density at radius 3 is 2.50 bits per heavy atom. The highest BCUT2D eigenvalue weighted by molar-refractivity contribution is 7.89. The van der Waals surface area contributed by atoms with Crippen molar-refractivity contribution in [2.24, 2.45) is 0 Å². The van der Waals surface area contributed by atoms with Gasteiger partial charge in [-0.15, -0.1) is 0 Å². The fourth-order valence-corrected chi connectivity index (χ4v) is 5.43. The fraction of sp³-hybridized carbons (Fsp3) is 1.00. The van der Waals surface area contributed by atoms with E-state index in [2.05, 4.69) is 0 Å². The number of nitrogens with zero attached hydrogens (tertiary/aromatic N) is 1. The molecule has 1 heterocycles. The van der Waals surface area contributed by atoms with Gasteiger partial charge < -0.3 is 4.74 Å². The molecule has 108 valence electrons. The molecule has 1 aliphatic rings. The third-order valence-corrected chi connectivity index (χ3v) is 6.54. The van der Waals surface area contributed by atoms with Crippen molar-refractivity contribution >= 4 is 20.8 Å². The standard InChI is InChI=1S/C11H23NO4S2/c1-10(2)16-6-8-18(14,15)12-5-7-17(13)9-11(12,3)4/h10H,5-9H2,1-4H3/t17-/m1/s1. The van der Waals surface area contributed by atoms with Crippen molar-refractivity contribution in [3.63, 3.8) is 0 Å². The third kappa shape index (κ3) is 4.29. The maximum atomic E-state index is 12.2. The summed E-state index contributed by atoms with van der Waals surface area (Å²) in [6, 6.07) is 0. The molecule has 0 saturated carbocycles. The third-order valence-electron chi connectivity index (χ3n) is 2.84. The van der Waals surface area contributed by atoms with Crippen LogP contribution in [0.2, 0.25) is 0 Å². The number of ether oxygens (including phenoxy) is 1. The predicted molar refractivity (Wildman–Crippen MR) is 73.5 cm³/mol. The summed E-state index contributed by atoms with van der Waals surface area (Å²) < 4.78 is 42.8. The first-order valence-corrected chi connectivity index (χ1v) is 9.22. The molecular weight excluding hydrogens is 274 g/mol. The van der Waals surface area contributed by atoms with Crippen LogP contribution in [0.1, 0.15) is 27.7 Å². The van der Waals surface area contributed by atoms with Crippen LogP contribution in [-0.2, 0) is 25.6 Å². The molecule has 1 aliphatic heterocycles. The Bertz CT molecular complexity index is 403. The van der Waals surface area contributed by atoms with Gasteiger partial charge in [0.1, 0.15) is 0 Å². The molecule has 0 aromatic rings. The quantitative estimate of drug-likeness (QED) is 0.745. The van der Waals surface area contributed by atoms with Gasteiger partial charge in [0.25, 0.3) is 0 Å². The van der Waals surface area contributed by atoms with Crippen molar-refractivity contribution in [2.45, 2.75) is 39.3 Å². The van der Waals surface area contributed by atoms with E-state index in [1.807, 2.05) is 27.7 Å². The molecule has 0 N–H and O–H groups in total. The molecule has 0 unspecified atom stereocenters. The number of hydrogen-bond donors (Lipinski definition) is 0. The molecule has 1 saturated heterocycles. The topological polar surface area (TPSA) is 63.7 Å². The molecule has 0 aliphatic carbocycles. The lowest BCUT2D eigenvalue weighted by molar-refractivity contribution is 0.0902. The summed E-state index contributed by atoms with van der Waals surface area (Å²) in [6.45, 7) is 7.94. The lowest BCUT2D eigenvalue weighted by Gasteiger charge is -2.40. The van der Waals surface area contributed by atoms with Gasteiger partial charge in [-0.05, 0) is 27.7 Å². The average Bonchev–Trinajstić information content (AvgIpc) is 2.13. The molecular formula is C11H23NO4S2. The SMILES string of the molecule is CC(C)OCCS(=O)(=O)N1CC[S@@](=O)CC1(C)C. The van der Waals surface area contributed by atoms with Crippen molar-refractivity contribution in [3.05, 3.63) is 0 Å². The molecule has 0 amide bonds. The Hall–Kier alpha value is 0.0200. The van der Waals surface area contributed by atoms with Gasteiger partial charge in [0, 0.05) is 34.4 Å². The Balaban J connectivity index is 2.69. The maximum absolute atomic E-state index is 12.2. The fourth-order valence-electron chi connectivity index (χ4n) is 2.04. The van der Waals surface area contributed by atoms with Gasteiger partial charge in [0.15, 0.2) is 0 Å². The van der Waals surface area contributed by atoms with Crippen molar-refractivity contribution < 1.29 is 17.4 Å². The monoisotopic (exact) mass is 297 g/mol. The summed E-state index contributed by atoms with van der Waals surface area (Å²) in [5.74, 6) is 0.812. The highest BCUT2D eigenvalue weighted by atomic mass is 32.2. The van der Waals surface area contributed by atoms with Gasteiger partial charge in [-0.1, -0.05) is 0 Å². The first-order valence-electron chi connectivity index (χ1n) is 6.12. The zero-order valence-electron chi connectivity index (χ0n) is 11.5. The van der Waals surface area contributed by atoms with Crippen LogP contribution in [0.3, 0.4) is 0 Å². The van der Waals surface area contributed by atoms with E-state index < -0.39 is 26.4 Å². The summed E-state index contributed by atoms with van der Waals surface area (Å²) in [4.78, 5) is 0. The van der Waals surface area contributed by atoms with Gasteiger partial charge in [-0.2, -0.15) is 4.31 Å². The minimum Gasteiger partial charge on any atom is -0.378 e. The van der Waals surface area contributed by atoms with Crippen LogP contribution < -0.4 is 0 Å². The Morgan fingerprint density at radius 1 is 1.39 bits per heavy atom. The molecule has 5 nitrogen and oxygen atoms in total. The highest BCUT2D eigenvalue weighted by Crippen LogP contribution is 2.24. The molecule has 0 radical (unpaired) electrons. The van der Waals surface area contributed by atoms with Gasteiger partial charge in [-0.25, -0.2) is 8.42 Å². The summed E-state index contributed by atoms with van der Waals surface area (Å²) in [5.41, 5.74) is -0.570. The molecule has 1 atom stereocenters. The lowest BCUT2D eigenvalue weighted by atomic mass is 10.1. The largest absolute Gasteiger partial charge is 0.378 e. The average molecular weight is 297 g/mol. The van der Waals surface area contributed by atoms with Crippen molar-refractivity contribution in [3.8, 4) is 0 Å². The van der Waals surface area contributed by atoms with Crippen LogP contribution in [0.4, 0.5) is 0 Å². The van der Waals surface area contributed by atoms with Crippen LogP contribution in [-0.4, -0.2) is 59.0 Å². The van der Waals surface area contributed by atoms with E-state index in [9.17, 15) is 12.6 Å². The van der Waals surface area contributed by atoms with Crippen molar-refractivity contribution in [2.75, 3.05) is 30.4 Å². The number of hydrogen-bond acceptors (Lipinski definition) is 4. The van der Waals surface area contributed by atoms with E-state index in [1.54, 1.807) is 0 Å². The van der Waals surface area contributed by atoms with Gasteiger partial charge in [0.2, 0.25) is 10.0 Å². The van der Waals surface area contributed by atoms with Gasteiger partial charge in [-0.3, -0.25) is 4.21 Å². The summed E-state index contributed by atoms with van der Waals surface area (Å²) in [7, 11) is -4.25.